The quantitative estimate of drug-likeness (QED) is 0.724. The van der Waals surface area contributed by atoms with Gasteiger partial charge < -0.3 is 10.1 Å². The zero-order valence-corrected chi connectivity index (χ0v) is 16.5. The number of amides is 1. The zero-order valence-electron chi connectivity index (χ0n) is 16.5. The van der Waals surface area contributed by atoms with E-state index >= 15 is 0 Å². The fraction of sp³-hybridized carbons (Fsp3) is 0.435. The molecule has 1 unspecified atom stereocenters. The lowest BCUT2D eigenvalue weighted by molar-refractivity contribution is -0.123. The molecule has 1 saturated carbocycles. The molecule has 3 rings (SSSR count). The van der Waals surface area contributed by atoms with E-state index in [1.54, 1.807) is 7.11 Å². The Morgan fingerprint density at radius 2 is 1.78 bits per heavy atom. The summed E-state index contributed by atoms with van der Waals surface area (Å²) in [5.74, 6) is 1.23. The van der Waals surface area contributed by atoms with Crippen molar-refractivity contribution >= 4 is 5.91 Å². The predicted molar refractivity (Wildman–Crippen MR) is 109 cm³/mol. The highest BCUT2D eigenvalue weighted by Gasteiger charge is 2.31. The van der Waals surface area contributed by atoms with E-state index in [0.717, 1.165) is 17.9 Å². The summed E-state index contributed by atoms with van der Waals surface area (Å²) in [5, 5.41) is 3.25. The first kappa shape index (κ1) is 19.4. The number of ether oxygens (including phenoxy) is 1. The molecule has 27 heavy (non-hydrogen) atoms. The van der Waals surface area contributed by atoms with E-state index in [1.807, 2.05) is 30.3 Å². The van der Waals surface area contributed by atoms with Crippen LogP contribution in [0, 0.1) is 5.92 Å². The minimum absolute atomic E-state index is 0.00110. The number of nitrogens with zero attached hydrogens (tertiary/aromatic N) is 1. The fourth-order valence-electron chi connectivity index (χ4n) is 3.42. The molecule has 4 heteroatoms. The van der Waals surface area contributed by atoms with Crippen molar-refractivity contribution in [2.75, 3.05) is 13.7 Å². The summed E-state index contributed by atoms with van der Waals surface area (Å²) in [6, 6.07) is 18.9. The van der Waals surface area contributed by atoms with Crippen LogP contribution >= 0.6 is 0 Å². The van der Waals surface area contributed by atoms with E-state index in [1.165, 1.54) is 18.4 Å². The molecule has 0 bridgehead atoms. The summed E-state index contributed by atoms with van der Waals surface area (Å²) >= 11 is 0. The number of benzene rings is 2. The largest absolute Gasteiger partial charge is 0.497 e. The molecule has 1 fully saturated rings. The van der Waals surface area contributed by atoms with Gasteiger partial charge in [0.2, 0.25) is 5.91 Å². The first-order chi connectivity index (χ1) is 13.1. The second-order valence-electron chi connectivity index (χ2n) is 7.68. The van der Waals surface area contributed by atoms with E-state index in [4.69, 9.17) is 4.74 Å². The lowest BCUT2D eigenvalue weighted by Crippen LogP contribution is -2.40. The van der Waals surface area contributed by atoms with Crippen molar-refractivity contribution in [2.24, 2.45) is 5.92 Å². The number of rotatable bonds is 9. The highest BCUT2D eigenvalue weighted by molar-refractivity contribution is 5.78. The third-order valence-electron chi connectivity index (χ3n) is 5.10. The van der Waals surface area contributed by atoms with Crippen molar-refractivity contribution in [1.29, 1.82) is 0 Å². The molecule has 2 aromatic carbocycles. The van der Waals surface area contributed by atoms with Gasteiger partial charge in [-0.2, -0.15) is 0 Å². The van der Waals surface area contributed by atoms with Crippen LogP contribution in [0.4, 0.5) is 0 Å². The molecule has 1 aliphatic rings. The Balaban J connectivity index is 1.63. The van der Waals surface area contributed by atoms with Gasteiger partial charge in [0.25, 0.3) is 0 Å². The maximum atomic E-state index is 12.8. The molecule has 4 nitrogen and oxygen atoms in total. The molecule has 0 radical (unpaired) electrons. The number of carbonyl (C=O) groups excluding carboxylic acids is 1. The monoisotopic (exact) mass is 366 g/mol. The summed E-state index contributed by atoms with van der Waals surface area (Å²) < 4.78 is 5.24. The fourth-order valence-corrected chi connectivity index (χ4v) is 3.42. The van der Waals surface area contributed by atoms with Crippen molar-refractivity contribution < 1.29 is 9.53 Å². The Morgan fingerprint density at radius 1 is 1.11 bits per heavy atom. The summed E-state index contributed by atoms with van der Waals surface area (Å²) in [5.41, 5.74) is 2.37. The molecular weight excluding hydrogens is 336 g/mol. The zero-order chi connectivity index (χ0) is 19.2. The van der Waals surface area contributed by atoms with Crippen LogP contribution in [-0.4, -0.2) is 30.5 Å². The summed E-state index contributed by atoms with van der Waals surface area (Å²) in [7, 11) is 1.66. The van der Waals surface area contributed by atoms with Gasteiger partial charge in [-0.15, -0.1) is 0 Å². The molecule has 1 N–H and O–H groups in total. The van der Waals surface area contributed by atoms with Crippen molar-refractivity contribution in [3.8, 4) is 5.75 Å². The molecule has 1 aliphatic carbocycles. The van der Waals surface area contributed by atoms with Crippen molar-refractivity contribution in [3.05, 3.63) is 65.7 Å². The summed E-state index contributed by atoms with van der Waals surface area (Å²) in [6.07, 6.45) is 2.37. The molecular formula is C23H30N2O2. The van der Waals surface area contributed by atoms with Crippen molar-refractivity contribution in [1.82, 2.24) is 10.2 Å². The van der Waals surface area contributed by atoms with Gasteiger partial charge >= 0.3 is 0 Å². The topological polar surface area (TPSA) is 41.6 Å². The van der Waals surface area contributed by atoms with Crippen LogP contribution in [0.1, 0.15) is 43.9 Å². The maximum absolute atomic E-state index is 12.8. The number of hydrogen-bond acceptors (Lipinski definition) is 3. The van der Waals surface area contributed by atoms with Gasteiger partial charge in [-0.25, -0.2) is 0 Å². The molecule has 1 atom stereocenters. The minimum atomic E-state index is 0.00110. The highest BCUT2D eigenvalue weighted by Crippen LogP contribution is 2.28. The van der Waals surface area contributed by atoms with Gasteiger partial charge in [-0.05, 0) is 42.0 Å². The standard InChI is InChI=1S/C23H30N2O2/c1-17(2)23(19-9-13-21(27-3)14-10-19)24-22(26)16-25(20-11-12-20)15-18-7-5-4-6-8-18/h4-10,13-14,17,20,23H,11-12,15-16H2,1-3H3,(H,24,26). The third-order valence-corrected chi connectivity index (χ3v) is 5.10. The Hall–Kier alpha value is -2.33. The molecule has 2 aromatic rings. The summed E-state index contributed by atoms with van der Waals surface area (Å²) in [6.45, 7) is 5.54. The highest BCUT2D eigenvalue weighted by atomic mass is 16.5. The second kappa shape index (κ2) is 9.05. The van der Waals surface area contributed by atoms with Gasteiger partial charge in [0.05, 0.1) is 19.7 Å². The Labute approximate surface area is 162 Å². The number of nitrogens with one attached hydrogen (secondary N) is 1. The number of carbonyl (C=O) groups is 1. The van der Waals surface area contributed by atoms with Gasteiger partial charge in [0, 0.05) is 12.6 Å². The second-order valence-corrected chi connectivity index (χ2v) is 7.68. The van der Waals surface area contributed by atoms with Crippen LogP contribution in [0.25, 0.3) is 0 Å². The molecule has 0 aromatic heterocycles. The van der Waals surface area contributed by atoms with Crippen molar-refractivity contribution in [3.63, 3.8) is 0 Å². The van der Waals surface area contributed by atoms with Crippen molar-refractivity contribution in [2.45, 2.75) is 45.3 Å². The van der Waals surface area contributed by atoms with E-state index in [2.05, 4.69) is 48.3 Å². The van der Waals surface area contributed by atoms with E-state index in [-0.39, 0.29) is 11.9 Å². The van der Waals surface area contributed by atoms with E-state index < -0.39 is 0 Å². The molecule has 0 saturated heterocycles. The van der Waals surface area contributed by atoms with E-state index in [0.29, 0.717) is 18.5 Å². The minimum Gasteiger partial charge on any atom is -0.497 e. The smallest absolute Gasteiger partial charge is 0.234 e. The Morgan fingerprint density at radius 3 is 2.33 bits per heavy atom. The normalized spacial score (nSPS) is 15.0. The number of methoxy groups -OCH3 is 1. The van der Waals surface area contributed by atoms with E-state index in [9.17, 15) is 4.79 Å². The van der Waals surface area contributed by atoms with Crippen LogP contribution < -0.4 is 10.1 Å². The lowest BCUT2D eigenvalue weighted by atomic mass is 9.96. The number of hydrogen-bond donors (Lipinski definition) is 1. The Kier molecular flexibility index (Phi) is 6.51. The molecule has 144 valence electrons. The Bertz CT molecular complexity index is 724. The van der Waals surface area contributed by atoms with Gasteiger partial charge in [-0.3, -0.25) is 9.69 Å². The van der Waals surface area contributed by atoms with Gasteiger partial charge in [0.1, 0.15) is 5.75 Å². The SMILES string of the molecule is COc1ccc(C(NC(=O)CN(Cc2ccccc2)C2CC2)C(C)C)cc1. The summed E-state index contributed by atoms with van der Waals surface area (Å²) in [4.78, 5) is 15.1. The average molecular weight is 367 g/mol. The first-order valence-electron chi connectivity index (χ1n) is 9.78. The molecule has 0 heterocycles. The first-order valence-corrected chi connectivity index (χ1v) is 9.78. The van der Waals surface area contributed by atoms with Crippen LogP contribution in [0.2, 0.25) is 0 Å². The van der Waals surface area contributed by atoms with Crippen LogP contribution in [0.5, 0.6) is 5.75 Å². The van der Waals surface area contributed by atoms with Crippen LogP contribution in [0.3, 0.4) is 0 Å². The average Bonchev–Trinajstić information content (AvgIpc) is 3.52. The third kappa shape index (κ3) is 5.57. The maximum Gasteiger partial charge on any atom is 0.234 e. The predicted octanol–water partition coefficient (Wildman–Crippen LogP) is 4.17. The van der Waals surface area contributed by atoms with Gasteiger partial charge in [-0.1, -0.05) is 56.3 Å². The lowest BCUT2D eigenvalue weighted by Gasteiger charge is -2.26. The molecule has 1 amide bonds. The van der Waals surface area contributed by atoms with Gasteiger partial charge in [0.15, 0.2) is 0 Å². The van der Waals surface area contributed by atoms with Crippen LogP contribution in [-0.2, 0) is 11.3 Å². The molecule has 0 spiro atoms. The molecule has 0 aliphatic heterocycles. The van der Waals surface area contributed by atoms with Crippen LogP contribution in [0.15, 0.2) is 54.6 Å².